The summed E-state index contributed by atoms with van der Waals surface area (Å²) in [4.78, 5) is 17.9. The summed E-state index contributed by atoms with van der Waals surface area (Å²) < 4.78 is 2.02. The van der Waals surface area contributed by atoms with Crippen molar-refractivity contribution in [1.29, 1.82) is 5.26 Å². The van der Waals surface area contributed by atoms with Crippen molar-refractivity contribution in [3.05, 3.63) is 89.5 Å². The normalized spacial score (nSPS) is 16.0. The number of amides is 1. The number of carbonyl (C=O) groups is 1. The van der Waals surface area contributed by atoms with E-state index in [9.17, 15) is 4.79 Å². The fourth-order valence-corrected chi connectivity index (χ4v) is 4.62. The number of halogens is 1. The summed E-state index contributed by atoms with van der Waals surface area (Å²) in [6.07, 6.45) is 5.33. The van der Waals surface area contributed by atoms with Crippen LogP contribution in [0.2, 0.25) is 0 Å². The van der Waals surface area contributed by atoms with Gasteiger partial charge in [0.25, 0.3) is 0 Å². The number of hydrogen-bond acceptors (Lipinski definition) is 4. The molecule has 1 aliphatic heterocycles. The van der Waals surface area contributed by atoms with Crippen molar-refractivity contribution >= 4 is 18.3 Å². The Balaban J connectivity index is 0.00000272. The van der Waals surface area contributed by atoms with Gasteiger partial charge >= 0.3 is 0 Å². The molecule has 160 valence electrons. The number of aromatic nitrogens is 2. The number of hydrogen-bond donors (Lipinski definition) is 2. The van der Waals surface area contributed by atoms with E-state index in [-0.39, 0.29) is 24.2 Å². The Morgan fingerprint density at radius 1 is 1.16 bits per heavy atom. The van der Waals surface area contributed by atoms with Gasteiger partial charge in [-0.05, 0) is 55.1 Å². The van der Waals surface area contributed by atoms with Gasteiger partial charge in [0.2, 0.25) is 5.91 Å². The maximum atomic E-state index is 13.2. The van der Waals surface area contributed by atoms with Crippen LogP contribution in [0.5, 0.6) is 0 Å². The van der Waals surface area contributed by atoms with Crippen LogP contribution in [0.3, 0.4) is 0 Å². The number of benzene rings is 2. The third-order valence-electron chi connectivity index (χ3n) is 6.07. The minimum atomic E-state index is -1.00. The molecule has 1 unspecified atom stereocenters. The first-order valence-electron chi connectivity index (χ1n) is 10.2. The molecular formula is C24H26ClN5O. The number of imidazole rings is 1. The molecule has 1 aliphatic rings. The lowest BCUT2D eigenvalue weighted by atomic mass is 9.65. The van der Waals surface area contributed by atoms with Crippen molar-refractivity contribution in [1.82, 2.24) is 14.9 Å². The molecular weight excluding hydrogens is 410 g/mol. The van der Waals surface area contributed by atoms with Crippen LogP contribution in [0, 0.1) is 17.2 Å². The van der Waals surface area contributed by atoms with E-state index in [1.54, 1.807) is 18.3 Å². The molecule has 3 N–H and O–H groups in total. The first-order chi connectivity index (χ1) is 14.7. The first-order valence-corrected chi connectivity index (χ1v) is 10.2. The molecule has 6 nitrogen and oxygen atoms in total. The maximum absolute atomic E-state index is 13.2. The van der Waals surface area contributed by atoms with Gasteiger partial charge in [0.05, 0.1) is 11.6 Å². The minimum Gasteiger partial charge on any atom is -0.368 e. The zero-order valence-corrected chi connectivity index (χ0v) is 18.0. The monoisotopic (exact) mass is 435 g/mol. The largest absolute Gasteiger partial charge is 0.368 e. The molecule has 1 fully saturated rings. The third-order valence-corrected chi connectivity index (χ3v) is 6.07. The van der Waals surface area contributed by atoms with E-state index in [2.05, 4.69) is 16.4 Å². The number of rotatable bonds is 6. The minimum absolute atomic E-state index is 0. The highest BCUT2D eigenvalue weighted by molar-refractivity contribution is 5.90. The van der Waals surface area contributed by atoms with E-state index in [0.717, 1.165) is 37.1 Å². The topological polar surface area (TPSA) is 96.7 Å². The Morgan fingerprint density at radius 2 is 1.84 bits per heavy atom. The summed E-state index contributed by atoms with van der Waals surface area (Å²) in [7, 11) is 0. The van der Waals surface area contributed by atoms with Gasteiger partial charge in [0.15, 0.2) is 0 Å². The van der Waals surface area contributed by atoms with Crippen LogP contribution in [0.15, 0.2) is 67.0 Å². The van der Waals surface area contributed by atoms with E-state index in [4.69, 9.17) is 11.0 Å². The molecule has 0 radical (unpaired) electrons. The van der Waals surface area contributed by atoms with Gasteiger partial charge in [0, 0.05) is 18.9 Å². The molecule has 1 amide bonds. The summed E-state index contributed by atoms with van der Waals surface area (Å²) in [6.45, 7) is 2.25. The van der Waals surface area contributed by atoms with E-state index < -0.39 is 5.41 Å². The summed E-state index contributed by atoms with van der Waals surface area (Å²) in [5, 5.41) is 12.4. The molecule has 1 saturated heterocycles. The summed E-state index contributed by atoms with van der Waals surface area (Å²) >= 11 is 0. The predicted molar refractivity (Wildman–Crippen MR) is 122 cm³/mol. The van der Waals surface area contributed by atoms with E-state index in [1.165, 1.54) is 0 Å². The second-order valence-electron chi connectivity index (χ2n) is 7.75. The second kappa shape index (κ2) is 9.78. The summed E-state index contributed by atoms with van der Waals surface area (Å²) in [5.74, 6) is 0.367. The van der Waals surface area contributed by atoms with Gasteiger partial charge < -0.3 is 15.6 Å². The number of nitriles is 1. The standard InChI is InChI=1S/C24H25N5O.ClH/c25-16-18-6-8-19(9-7-18)17-29-15-14-28-23(29)24(22(26)30,20-4-2-1-3-5-20)21-10-12-27-13-11-21;/h1-9,14-15,21,27H,10-13,17H2,(H2,26,30);1H. The smallest absolute Gasteiger partial charge is 0.236 e. The van der Waals surface area contributed by atoms with E-state index >= 15 is 0 Å². The van der Waals surface area contributed by atoms with Crippen LogP contribution in [0.1, 0.15) is 35.4 Å². The number of carbonyl (C=O) groups excluding carboxylic acids is 1. The highest BCUT2D eigenvalue weighted by atomic mass is 35.5. The number of nitrogens with zero attached hydrogens (tertiary/aromatic N) is 3. The summed E-state index contributed by atoms with van der Waals surface area (Å²) in [6, 6.07) is 19.4. The van der Waals surface area contributed by atoms with Crippen LogP contribution in [0.4, 0.5) is 0 Å². The molecule has 4 rings (SSSR count). The lowest BCUT2D eigenvalue weighted by Gasteiger charge is -2.40. The average Bonchev–Trinajstić information content (AvgIpc) is 3.24. The molecule has 0 bridgehead atoms. The van der Waals surface area contributed by atoms with Crippen LogP contribution in [0.25, 0.3) is 0 Å². The predicted octanol–water partition coefficient (Wildman–Crippen LogP) is 3.00. The Morgan fingerprint density at radius 3 is 2.45 bits per heavy atom. The highest BCUT2D eigenvalue weighted by Crippen LogP contribution is 2.42. The molecule has 1 aromatic heterocycles. The molecule has 1 atom stereocenters. The van der Waals surface area contributed by atoms with Crippen LogP contribution < -0.4 is 11.1 Å². The van der Waals surface area contributed by atoms with Crippen LogP contribution in [-0.4, -0.2) is 28.5 Å². The molecule has 0 saturated carbocycles. The fraction of sp³-hybridized carbons (Fsp3) is 0.292. The number of nitrogens with two attached hydrogens (primary N) is 1. The zero-order chi connectivity index (χ0) is 21.0. The molecule has 3 aromatic rings. The number of piperidine rings is 1. The van der Waals surface area contributed by atoms with Crippen molar-refractivity contribution in [3.63, 3.8) is 0 Å². The van der Waals surface area contributed by atoms with Crippen molar-refractivity contribution in [2.45, 2.75) is 24.8 Å². The number of primary amides is 1. The molecule has 0 spiro atoms. The highest BCUT2D eigenvalue weighted by Gasteiger charge is 2.50. The van der Waals surface area contributed by atoms with Crippen molar-refractivity contribution in [2.24, 2.45) is 11.7 Å². The lowest BCUT2D eigenvalue weighted by molar-refractivity contribution is -0.124. The van der Waals surface area contributed by atoms with Gasteiger partial charge in [-0.1, -0.05) is 42.5 Å². The third kappa shape index (κ3) is 4.20. The van der Waals surface area contributed by atoms with Gasteiger partial charge in [-0.2, -0.15) is 5.26 Å². The first kappa shape index (κ1) is 22.5. The average molecular weight is 436 g/mol. The van der Waals surface area contributed by atoms with Crippen LogP contribution in [-0.2, 0) is 16.8 Å². The molecule has 2 heterocycles. The van der Waals surface area contributed by atoms with Gasteiger partial charge in [-0.25, -0.2) is 4.98 Å². The lowest BCUT2D eigenvalue weighted by Crippen LogP contribution is -2.52. The molecule has 2 aromatic carbocycles. The van der Waals surface area contributed by atoms with Crippen LogP contribution >= 0.6 is 12.4 Å². The van der Waals surface area contributed by atoms with Crippen molar-refractivity contribution in [3.8, 4) is 6.07 Å². The van der Waals surface area contributed by atoms with Crippen molar-refractivity contribution in [2.75, 3.05) is 13.1 Å². The Bertz CT molecular complexity index is 1050. The summed E-state index contributed by atoms with van der Waals surface area (Å²) in [5.41, 5.74) is 7.72. The van der Waals surface area contributed by atoms with Gasteiger partial charge in [-0.15, -0.1) is 12.4 Å². The van der Waals surface area contributed by atoms with E-state index in [0.29, 0.717) is 17.9 Å². The Hall–Kier alpha value is -3.14. The SMILES string of the molecule is Cl.N#Cc1ccc(Cn2ccnc2C(C(N)=O)(c2ccccc2)C2CCNCC2)cc1. The van der Waals surface area contributed by atoms with Gasteiger partial charge in [0.1, 0.15) is 11.2 Å². The quantitative estimate of drug-likeness (QED) is 0.622. The molecule has 0 aliphatic carbocycles. The zero-order valence-electron chi connectivity index (χ0n) is 17.2. The van der Waals surface area contributed by atoms with Gasteiger partial charge in [-0.3, -0.25) is 4.79 Å². The Kier molecular flexibility index (Phi) is 7.11. The molecule has 31 heavy (non-hydrogen) atoms. The second-order valence-corrected chi connectivity index (χ2v) is 7.75. The maximum Gasteiger partial charge on any atom is 0.236 e. The fourth-order valence-electron chi connectivity index (χ4n) is 4.62. The molecule has 7 heteroatoms. The Labute approximate surface area is 188 Å². The van der Waals surface area contributed by atoms with Crippen molar-refractivity contribution < 1.29 is 4.79 Å². The number of nitrogens with one attached hydrogen (secondary N) is 1. The van der Waals surface area contributed by atoms with E-state index in [1.807, 2.05) is 53.2 Å².